The topological polar surface area (TPSA) is 130 Å². The number of nitrogen functional groups attached to an aromatic ring is 1. The molecule has 0 radical (unpaired) electrons. The molecule has 4 rings (SSSR count). The first-order valence-electron chi connectivity index (χ1n) is 16.0. The first-order valence-corrected chi connectivity index (χ1v) is 16.0. The Morgan fingerprint density at radius 2 is 1.61 bits per heavy atom. The van der Waals surface area contributed by atoms with Crippen LogP contribution in [-0.2, 0) is 19.4 Å². The molecule has 0 spiro atoms. The van der Waals surface area contributed by atoms with Gasteiger partial charge in [-0.3, -0.25) is 15.2 Å². The number of aromatic nitrogens is 3. The standard InChI is InChI=1S/C35H48N8O/c1-3-5-20-41(21-6-4-2)22-8-23-43-32-16-15-29(35(44)42(24-18-36)30-9-7-19-39-26-30)25-31(32)40-33(43)17-12-27-10-13-28(14-11-27)34(37)38/h7,9-11,13-16,19,25-26H,3-6,8,12,17-18,20-24,36H2,1-2H3,(H3,37,38). The van der Waals surface area contributed by atoms with Gasteiger partial charge < -0.3 is 25.8 Å². The molecule has 1 amide bonds. The van der Waals surface area contributed by atoms with Gasteiger partial charge in [-0.05, 0) is 81.2 Å². The number of nitrogens with zero attached hydrogens (tertiary/aromatic N) is 5. The van der Waals surface area contributed by atoms with E-state index in [1.165, 1.54) is 31.2 Å². The maximum Gasteiger partial charge on any atom is 0.258 e. The van der Waals surface area contributed by atoms with Crippen molar-refractivity contribution in [2.24, 2.45) is 11.5 Å². The van der Waals surface area contributed by atoms with E-state index in [0.717, 1.165) is 73.6 Å². The summed E-state index contributed by atoms with van der Waals surface area (Å²) < 4.78 is 2.34. The molecular weight excluding hydrogens is 548 g/mol. The zero-order chi connectivity index (χ0) is 31.3. The fourth-order valence-electron chi connectivity index (χ4n) is 5.56. The number of amides is 1. The van der Waals surface area contributed by atoms with Gasteiger partial charge in [0.05, 0.1) is 22.9 Å². The number of hydrogen-bond donors (Lipinski definition) is 3. The van der Waals surface area contributed by atoms with Gasteiger partial charge in [0.2, 0.25) is 0 Å². The molecule has 2 aromatic heterocycles. The number of nitrogens with two attached hydrogens (primary N) is 2. The quantitative estimate of drug-likeness (QED) is 0.104. The molecule has 9 nitrogen and oxygen atoms in total. The van der Waals surface area contributed by atoms with Crippen LogP contribution in [-0.4, -0.2) is 63.9 Å². The Morgan fingerprint density at radius 3 is 2.25 bits per heavy atom. The van der Waals surface area contributed by atoms with E-state index in [9.17, 15) is 4.79 Å². The molecule has 0 unspecified atom stereocenters. The van der Waals surface area contributed by atoms with Crippen molar-refractivity contribution in [2.75, 3.05) is 37.6 Å². The summed E-state index contributed by atoms with van der Waals surface area (Å²) in [5.41, 5.74) is 16.6. The summed E-state index contributed by atoms with van der Waals surface area (Å²) in [4.78, 5) is 27.2. The predicted molar refractivity (Wildman–Crippen MR) is 180 cm³/mol. The Kier molecular flexibility index (Phi) is 12.4. The monoisotopic (exact) mass is 596 g/mol. The smallest absolute Gasteiger partial charge is 0.258 e. The number of fused-ring (bicyclic) bond motifs is 1. The summed E-state index contributed by atoms with van der Waals surface area (Å²) >= 11 is 0. The Labute approximate surface area is 261 Å². The van der Waals surface area contributed by atoms with Crippen LogP contribution in [0.4, 0.5) is 5.69 Å². The highest BCUT2D eigenvalue weighted by Crippen LogP contribution is 2.23. The summed E-state index contributed by atoms with van der Waals surface area (Å²) in [6.07, 6.45) is 10.9. The number of rotatable bonds is 18. The first kappa shape index (κ1) is 32.8. The summed E-state index contributed by atoms with van der Waals surface area (Å²) in [5, 5.41) is 7.67. The highest BCUT2D eigenvalue weighted by Gasteiger charge is 2.20. The molecule has 234 valence electrons. The highest BCUT2D eigenvalue weighted by atomic mass is 16.2. The second-order valence-corrected chi connectivity index (χ2v) is 11.4. The molecule has 2 heterocycles. The van der Waals surface area contributed by atoms with E-state index in [4.69, 9.17) is 21.9 Å². The van der Waals surface area contributed by atoms with Gasteiger partial charge in [0, 0.05) is 43.4 Å². The van der Waals surface area contributed by atoms with Crippen LogP contribution in [0.25, 0.3) is 11.0 Å². The maximum atomic E-state index is 13.7. The van der Waals surface area contributed by atoms with Crippen LogP contribution in [0.15, 0.2) is 67.0 Å². The lowest BCUT2D eigenvalue weighted by Gasteiger charge is -2.22. The van der Waals surface area contributed by atoms with Crippen LogP contribution < -0.4 is 16.4 Å². The average Bonchev–Trinajstić information content (AvgIpc) is 3.40. The minimum atomic E-state index is -0.116. The number of amidine groups is 1. The number of nitrogens with one attached hydrogen (secondary N) is 1. The van der Waals surface area contributed by atoms with Gasteiger partial charge in [-0.2, -0.15) is 0 Å². The third-order valence-electron chi connectivity index (χ3n) is 8.04. The molecule has 0 aliphatic heterocycles. The normalized spacial score (nSPS) is 11.4. The zero-order valence-electron chi connectivity index (χ0n) is 26.3. The van der Waals surface area contributed by atoms with Crippen LogP contribution >= 0.6 is 0 Å². The molecule has 5 N–H and O–H groups in total. The largest absolute Gasteiger partial charge is 0.384 e. The Bertz CT molecular complexity index is 1470. The lowest BCUT2D eigenvalue weighted by atomic mass is 10.1. The number of carbonyl (C=O) groups is 1. The maximum absolute atomic E-state index is 13.7. The van der Waals surface area contributed by atoms with Crippen molar-refractivity contribution >= 4 is 28.5 Å². The molecule has 2 aromatic carbocycles. The van der Waals surface area contributed by atoms with E-state index in [-0.39, 0.29) is 11.7 Å². The molecule has 4 aromatic rings. The Hall–Kier alpha value is -4.08. The molecule has 9 heteroatoms. The van der Waals surface area contributed by atoms with E-state index in [0.29, 0.717) is 18.7 Å². The second-order valence-electron chi connectivity index (χ2n) is 11.4. The van der Waals surface area contributed by atoms with Crippen LogP contribution in [0, 0.1) is 5.41 Å². The van der Waals surface area contributed by atoms with Crippen molar-refractivity contribution in [3.05, 3.63) is 89.5 Å². The molecule has 0 saturated heterocycles. The minimum absolute atomic E-state index is 0.0733. The molecule has 0 aliphatic rings. The molecule has 0 saturated carbocycles. The van der Waals surface area contributed by atoms with Crippen molar-refractivity contribution in [1.29, 1.82) is 5.41 Å². The van der Waals surface area contributed by atoms with E-state index >= 15 is 0 Å². The van der Waals surface area contributed by atoms with Crippen LogP contribution in [0.3, 0.4) is 0 Å². The van der Waals surface area contributed by atoms with Gasteiger partial charge >= 0.3 is 0 Å². The SMILES string of the molecule is CCCCN(CCCC)CCCn1c(CCc2ccc(C(=N)N)cc2)nc2cc(C(=O)N(CCN)c3cccnc3)ccc21. The summed E-state index contributed by atoms with van der Waals surface area (Å²) in [6.45, 7) is 9.46. The van der Waals surface area contributed by atoms with Gasteiger partial charge in [0.15, 0.2) is 0 Å². The van der Waals surface area contributed by atoms with E-state index in [1.54, 1.807) is 17.3 Å². The van der Waals surface area contributed by atoms with Crippen LogP contribution in [0.1, 0.15) is 73.3 Å². The molecule has 0 bridgehead atoms. The van der Waals surface area contributed by atoms with Gasteiger partial charge in [0.1, 0.15) is 11.7 Å². The van der Waals surface area contributed by atoms with Gasteiger partial charge in [-0.1, -0.05) is 51.0 Å². The van der Waals surface area contributed by atoms with E-state index < -0.39 is 0 Å². The Balaban J connectivity index is 1.59. The van der Waals surface area contributed by atoms with Crippen molar-refractivity contribution in [3.63, 3.8) is 0 Å². The molecule has 0 aliphatic carbocycles. The predicted octanol–water partition coefficient (Wildman–Crippen LogP) is 5.40. The average molecular weight is 597 g/mol. The molecule has 0 atom stereocenters. The number of benzene rings is 2. The number of pyridine rings is 1. The van der Waals surface area contributed by atoms with Crippen LogP contribution in [0.5, 0.6) is 0 Å². The third kappa shape index (κ3) is 8.74. The zero-order valence-corrected chi connectivity index (χ0v) is 26.3. The number of imidazole rings is 1. The number of aryl methyl sites for hydroxylation is 3. The number of hydrogen-bond acceptors (Lipinski definition) is 6. The fraction of sp³-hybridized carbons (Fsp3) is 0.429. The number of anilines is 1. The van der Waals surface area contributed by atoms with Gasteiger partial charge in [0.25, 0.3) is 5.91 Å². The van der Waals surface area contributed by atoms with Crippen molar-refractivity contribution in [1.82, 2.24) is 19.4 Å². The van der Waals surface area contributed by atoms with Crippen molar-refractivity contribution < 1.29 is 4.79 Å². The molecule has 0 fully saturated rings. The molecular formula is C35H48N8O. The van der Waals surface area contributed by atoms with Gasteiger partial charge in [-0.25, -0.2) is 4.98 Å². The lowest BCUT2D eigenvalue weighted by Crippen LogP contribution is -2.35. The highest BCUT2D eigenvalue weighted by molar-refractivity contribution is 6.07. The van der Waals surface area contributed by atoms with Crippen molar-refractivity contribution in [3.8, 4) is 0 Å². The van der Waals surface area contributed by atoms with Gasteiger partial charge in [-0.15, -0.1) is 0 Å². The van der Waals surface area contributed by atoms with Crippen molar-refractivity contribution in [2.45, 2.75) is 65.3 Å². The minimum Gasteiger partial charge on any atom is -0.384 e. The Morgan fingerprint density at radius 1 is 0.909 bits per heavy atom. The third-order valence-corrected chi connectivity index (χ3v) is 8.04. The number of unbranched alkanes of at least 4 members (excludes halogenated alkanes) is 2. The van der Waals surface area contributed by atoms with E-state index in [1.807, 2.05) is 54.6 Å². The molecule has 44 heavy (non-hydrogen) atoms. The number of carbonyl (C=O) groups excluding carboxylic acids is 1. The fourth-order valence-corrected chi connectivity index (χ4v) is 5.56. The van der Waals surface area contributed by atoms with Crippen LogP contribution in [0.2, 0.25) is 0 Å². The van der Waals surface area contributed by atoms with E-state index in [2.05, 4.69) is 28.3 Å². The summed E-state index contributed by atoms with van der Waals surface area (Å²) in [7, 11) is 0. The summed E-state index contributed by atoms with van der Waals surface area (Å²) in [5.74, 6) is 0.971. The summed E-state index contributed by atoms with van der Waals surface area (Å²) in [6, 6.07) is 17.4. The second kappa shape index (κ2) is 16.7. The first-order chi connectivity index (χ1) is 21.4. The lowest BCUT2D eigenvalue weighted by molar-refractivity contribution is 0.0987.